The van der Waals surface area contributed by atoms with Crippen molar-refractivity contribution in [3.63, 3.8) is 0 Å². The SMILES string of the molecule is Cc1nc(CC(C)C)sc1-c1nc(C2(N)CCC2)no1.Cl. The van der Waals surface area contributed by atoms with Crippen LogP contribution in [0.5, 0.6) is 0 Å². The molecule has 2 heterocycles. The molecule has 2 aromatic rings. The molecule has 21 heavy (non-hydrogen) atoms. The molecule has 5 nitrogen and oxygen atoms in total. The molecule has 0 aromatic carbocycles. The molecule has 0 unspecified atom stereocenters. The van der Waals surface area contributed by atoms with Crippen molar-refractivity contribution in [3.05, 3.63) is 16.5 Å². The Morgan fingerprint density at radius 2 is 2.05 bits per heavy atom. The van der Waals surface area contributed by atoms with Crippen LogP contribution in [-0.4, -0.2) is 15.1 Å². The molecule has 7 heteroatoms. The van der Waals surface area contributed by atoms with Gasteiger partial charge in [-0.1, -0.05) is 19.0 Å². The largest absolute Gasteiger partial charge is 0.333 e. The first-order chi connectivity index (χ1) is 9.48. The quantitative estimate of drug-likeness (QED) is 0.929. The monoisotopic (exact) mass is 328 g/mol. The second-order valence-corrected chi connectivity index (χ2v) is 7.14. The molecule has 2 N–H and O–H groups in total. The molecule has 0 atom stereocenters. The van der Waals surface area contributed by atoms with E-state index in [0.29, 0.717) is 17.6 Å². The number of hydrogen-bond acceptors (Lipinski definition) is 6. The number of rotatable bonds is 4. The van der Waals surface area contributed by atoms with Crippen molar-refractivity contribution < 1.29 is 4.52 Å². The summed E-state index contributed by atoms with van der Waals surface area (Å²) in [4.78, 5) is 10.1. The van der Waals surface area contributed by atoms with Gasteiger partial charge in [-0.15, -0.1) is 23.7 Å². The van der Waals surface area contributed by atoms with Gasteiger partial charge in [0.1, 0.15) is 4.88 Å². The van der Waals surface area contributed by atoms with Crippen molar-refractivity contribution in [1.29, 1.82) is 0 Å². The molecule has 0 radical (unpaired) electrons. The second kappa shape index (κ2) is 6.02. The van der Waals surface area contributed by atoms with Gasteiger partial charge in [0.2, 0.25) is 0 Å². The van der Waals surface area contributed by atoms with Crippen LogP contribution < -0.4 is 5.73 Å². The Morgan fingerprint density at radius 1 is 1.33 bits per heavy atom. The van der Waals surface area contributed by atoms with Crippen LogP contribution in [0.1, 0.15) is 49.6 Å². The Morgan fingerprint density at radius 3 is 2.62 bits per heavy atom. The zero-order chi connectivity index (χ0) is 14.3. The van der Waals surface area contributed by atoms with Gasteiger partial charge in [-0.2, -0.15) is 4.98 Å². The summed E-state index contributed by atoms with van der Waals surface area (Å²) in [6.45, 7) is 6.37. The highest BCUT2D eigenvalue weighted by atomic mass is 35.5. The van der Waals surface area contributed by atoms with Crippen LogP contribution in [0.25, 0.3) is 10.8 Å². The Hall–Kier alpha value is -0.980. The number of nitrogens with zero attached hydrogens (tertiary/aromatic N) is 3. The summed E-state index contributed by atoms with van der Waals surface area (Å²) in [5, 5.41) is 5.19. The van der Waals surface area contributed by atoms with Crippen LogP contribution in [0.2, 0.25) is 0 Å². The highest BCUT2D eigenvalue weighted by Gasteiger charge is 2.39. The normalized spacial score (nSPS) is 16.6. The minimum absolute atomic E-state index is 0. The third-order valence-electron chi connectivity index (χ3n) is 3.74. The number of nitrogens with two attached hydrogens (primary N) is 1. The van der Waals surface area contributed by atoms with Crippen molar-refractivity contribution in [2.45, 2.75) is 52.0 Å². The van der Waals surface area contributed by atoms with E-state index in [1.807, 2.05) is 6.92 Å². The highest BCUT2D eigenvalue weighted by Crippen LogP contribution is 2.38. The van der Waals surface area contributed by atoms with E-state index in [0.717, 1.165) is 41.3 Å². The molecule has 2 aromatic heterocycles. The van der Waals surface area contributed by atoms with E-state index in [9.17, 15) is 0 Å². The minimum atomic E-state index is -0.374. The summed E-state index contributed by atoms with van der Waals surface area (Å²) < 4.78 is 5.40. The van der Waals surface area contributed by atoms with Crippen LogP contribution in [0.3, 0.4) is 0 Å². The smallest absolute Gasteiger partial charge is 0.269 e. The number of halogens is 1. The average molecular weight is 329 g/mol. The summed E-state index contributed by atoms with van der Waals surface area (Å²) in [6, 6.07) is 0. The summed E-state index contributed by atoms with van der Waals surface area (Å²) in [5.41, 5.74) is 6.81. The lowest BCUT2D eigenvalue weighted by atomic mass is 9.77. The molecule has 1 aliphatic carbocycles. The van der Waals surface area contributed by atoms with Gasteiger partial charge in [-0.25, -0.2) is 4.98 Å². The van der Waals surface area contributed by atoms with Crippen LogP contribution in [0, 0.1) is 12.8 Å². The standard InChI is InChI=1S/C14H20N4OS.ClH/c1-8(2)7-10-16-9(3)11(20-10)12-17-13(18-19-12)14(15)5-4-6-14;/h8H,4-7,15H2,1-3H3;1H. The van der Waals surface area contributed by atoms with Gasteiger partial charge in [0.05, 0.1) is 16.2 Å². The highest BCUT2D eigenvalue weighted by molar-refractivity contribution is 7.15. The van der Waals surface area contributed by atoms with Crippen molar-refractivity contribution in [2.24, 2.45) is 11.7 Å². The van der Waals surface area contributed by atoms with Gasteiger partial charge in [0.15, 0.2) is 5.82 Å². The van der Waals surface area contributed by atoms with Gasteiger partial charge in [-0.3, -0.25) is 0 Å². The van der Waals surface area contributed by atoms with Crippen molar-refractivity contribution >= 4 is 23.7 Å². The molecule has 1 aliphatic rings. The fourth-order valence-electron chi connectivity index (χ4n) is 2.39. The second-order valence-electron chi connectivity index (χ2n) is 6.05. The molecule has 0 amide bonds. The first-order valence-corrected chi connectivity index (χ1v) is 7.89. The lowest BCUT2D eigenvalue weighted by Gasteiger charge is -2.34. The van der Waals surface area contributed by atoms with E-state index in [1.54, 1.807) is 11.3 Å². The van der Waals surface area contributed by atoms with E-state index < -0.39 is 0 Å². The zero-order valence-corrected chi connectivity index (χ0v) is 14.2. The van der Waals surface area contributed by atoms with E-state index in [2.05, 4.69) is 29.0 Å². The predicted octanol–water partition coefficient (Wildman–Crippen LogP) is 3.46. The van der Waals surface area contributed by atoms with E-state index in [1.165, 1.54) is 0 Å². The average Bonchev–Trinajstić information content (AvgIpc) is 2.92. The van der Waals surface area contributed by atoms with Crippen LogP contribution in [0.15, 0.2) is 4.52 Å². The van der Waals surface area contributed by atoms with Gasteiger partial charge in [0.25, 0.3) is 5.89 Å². The summed E-state index contributed by atoms with van der Waals surface area (Å²) in [6.07, 6.45) is 3.99. The maximum Gasteiger partial charge on any atom is 0.269 e. The van der Waals surface area contributed by atoms with Crippen molar-refractivity contribution in [3.8, 4) is 10.8 Å². The molecule has 1 fully saturated rings. The fraction of sp³-hybridized carbons (Fsp3) is 0.643. The molecular weight excluding hydrogens is 308 g/mol. The van der Waals surface area contributed by atoms with Crippen LogP contribution in [-0.2, 0) is 12.0 Å². The van der Waals surface area contributed by atoms with E-state index >= 15 is 0 Å². The van der Waals surface area contributed by atoms with Crippen LogP contribution >= 0.6 is 23.7 Å². The topological polar surface area (TPSA) is 77.8 Å². The first-order valence-electron chi connectivity index (χ1n) is 7.08. The third-order valence-corrected chi connectivity index (χ3v) is 4.90. The molecule has 0 spiro atoms. The lowest BCUT2D eigenvalue weighted by molar-refractivity contribution is 0.229. The van der Waals surface area contributed by atoms with E-state index in [-0.39, 0.29) is 17.9 Å². The summed E-state index contributed by atoms with van der Waals surface area (Å²) in [7, 11) is 0. The Kier molecular flexibility index (Phi) is 4.70. The Bertz CT molecular complexity index is 618. The summed E-state index contributed by atoms with van der Waals surface area (Å²) >= 11 is 1.64. The molecule has 0 saturated heterocycles. The van der Waals surface area contributed by atoms with Crippen molar-refractivity contribution in [2.75, 3.05) is 0 Å². The number of thiazole rings is 1. The third kappa shape index (κ3) is 3.12. The molecule has 0 aliphatic heterocycles. The molecule has 1 saturated carbocycles. The Balaban J connectivity index is 0.00000161. The van der Waals surface area contributed by atoms with Gasteiger partial charge in [-0.05, 0) is 32.1 Å². The molecular formula is C14H21ClN4OS. The number of aromatic nitrogens is 3. The Labute approximate surface area is 134 Å². The molecule has 3 rings (SSSR count). The number of hydrogen-bond donors (Lipinski definition) is 1. The van der Waals surface area contributed by atoms with E-state index in [4.69, 9.17) is 10.3 Å². The maximum atomic E-state index is 6.23. The van der Waals surface area contributed by atoms with Gasteiger partial charge >= 0.3 is 0 Å². The van der Waals surface area contributed by atoms with Crippen LogP contribution in [0.4, 0.5) is 0 Å². The summed E-state index contributed by atoms with van der Waals surface area (Å²) in [5.74, 6) is 1.78. The first kappa shape index (κ1) is 16.4. The van der Waals surface area contributed by atoms with Crippen molar-refractivity contribution in [1.82, 2.24) is 15.1 Å². The fourth-order valence-corrected chi connectivity index (χ4v) is 3.58. The minimum Gasteiger partial charge on any atom is -0.333 e. The van der Waals surface area contributed by atoms with Gasteiger partial charge < -0.3 is 10.3 Å². The maximum absolute atomic E-state index is 6.23. The lowest BCUT2D eigenvalue weighted by Crippen LogP contribution is -2.44. The number of aryl methyl sites for hydroxylation is 1. The van der Waals surface area contributed by atoms with Gasteiger partial charge in [0, 0.05) is 6.42 Å². The molecule has 116 valence electrons. The molecule has 0 bridgehead atoms. The zero-order valence-electron chi connectivity index (χ0n) is 12.5. The predicted molar refractivity (Wildman–Crippen MR) is 85.6 cm³/mol.